The lowest BCUT2D eigenvalue weighted by atomic mass is 9.78. The largest absolute Gasteiger partial charge is 0.496 e. The average Bonchev–Trinajstić information content (AvgIpc) is 2.63. The molecule has 17 heavy (non-hydrogen) atoms. The third kappa shape index (κ3) is 1.44. The number of aliphatic hydroxyl groups is 1. The van der Waals surface area contributed by atoms with Crippen LogP contribution in [0.25, 0.3) is 0 Å². The Bertz CT molecular complexity index is 482. The van der Waals surface area contributed by atoms with Gasteiger partial charge in [-0.1, -0.05) is 12.1 Å². The average molecular weight is 234 g/mol. The van der Waals surface area contributed by atoms with Crippen LogP contribution >= 0.6 is 0 Å². The predicted octanol–water partition coefficient (Wildman–Crippen LogP) is 1.36. The molecule has 0 bridgehead atoms. The van der Waals surface area contributed by atoms with Crippen LogP contribution in [0.5, 0.6) is 5.75 Å². The van der Waals surface area contributed by atoms with Crippen molar-refractivity contribution < 1.29 is 19.4 Å². The first-order valence-corrected chi connectivity index (χ1v) is 5.74. The molecule has 1 fully saturated rings. The van der Waals surface area contributed by atoms with E-state index in [-0.39, 0.29) is 18.3 Å². The number of hydrogen-bond donors (Lipinski definition) is 1. The van der Waals surface area contributed by atoms with E-state index in [2.05, 4.69) is 0 Å². The van der Waals surface area contributed by atoms with Gasteiger partial charge < -0.3 is 14.6 Å². The summed E-state index contributed by atoms with van der Waals surface area (Å²) in [7, 11) is 1.63. The summed E-state index contributed by atoms with van der Waals surface area (Å²) in [5, 5.41) is 10.3. The van der Waals surface area contributed by atoms with Gasteiger partial charge in [0.2, 0.25) is 5.79 Å². The summed E-state index contributed by atoms with van der Waals surface area (Å²) in [5.74, 6) is -1.07. The van der Waals surface area contributed by atoms with Crippen LogP contribution < -0.4 is 4.74 Å². The zero-order valence-corrected chi connectivity index (χ0v) is 9.60. The van der Waals surface area contributed by atoms with Crippen LogP contribution in [0.3, 0.4) is 0 Å². The third-order valence-electron chi connectivity index (χ3n) is 3.70. The van der Waals surface area contributed by atoms with Crippen molar-refractivity contribution in [2.75, 3.05) is 7.11 Å². The first-order valence-electron chi connectivity index (χ1n) is 5.74. The topological polar surface area (TPSA) is 55.8 Å². The highest BCUT2D eigenvalue weighted by Gasteiger charge is 2.51. The van der Waals surface area contributed by atoms with E-state index < -0.39 is 5.79 Å². The van der Waals surface area contributed by atoms with Gasteiger partial charge in [-0.25, -0.2) is 0 Å². The molecule has 0 saturated carbocycles. The lowest BCUT2D eigenvalue weighted by molar-refractivity contribution is -0.197. The maximum atomic E-state index is 11.4. The first kappa shape index (κ1) is 10.6. The molecule has 0 radical (unpaired) electrons. The minimum Gasteiger partial charge on any atom is -0.496 e. The Morgan fingerprint density at radius 3 is 3.12 bits per heavy atom. The second-order valence-electron chi connectivity index (χ2n) is 4.60. The molecule has 1 heterocycles. The van der Waals surface area contributed by atoms with Gasteiger partial charge in [0.05, 0.1) is 19.4 Å². The van der Waals surface area contributed by atoms with Crippen LogP contribution in [0.2, 0.25) is 0 Å². The quantitative estimate of drug-likeness (QED) is 0.745. The van der Waals surface area contributed by atoms with Gasteiger partial charge in [0.25, 0.3) is 0 Å². The van der Waals surface area contributed by atoms with Crippen molar-refractivity contribution in [2.45, 2.75) is 31.0 Å². The van der Waals surface area contributed by atoms with Crippen LogP contribution in [-0.4, -0.2) is 24.0 Å². The summed E-state index contributed by atoms with van der Waals surface area (Å²) >= 11 is 0. The smallest absolute Gasteiger partial charge is 0.309 e. The van der Waals surface area contributed by atoms with E-state index in [0.717, 1.165) is 16.9 Å². The Kier molecular flexibility index (Phi) is 2.16. The zero-order valence-electron chi connectivity index (χ0n) is 9.60. The normalized spacial score (nSPS) is 30.5. The number of esters is 1. The molecule has 90 valence electrons. The number of ether oxygens (including phenoxy) is 2. The van der Waals surface area contributed by atoms with Gasteiger partial charge in [0.1, 0.15) is 5.75 Å². The van der Waals surface area contributed by atoms with Crippen LogP contribution in [0.4, 0.5) is 0 Å². The lowest BCUT2D eigenvalue weighted by Crippen LogP contribution is -2.38. The molecule has 1 aliphatic heterocycles. The highest BCUT2D eigenvalue weighted by atomic mass is 16.7. The number of fused-ring (bicyclic) bond motifs is 3. The number of methoxy groups -OCH3 is 1. The molecule has 0 spiro atoms. The Labute approximate surface area is 99.2 Å². The molecule has 1 N–H and O–H groups in total. The van der Waals surface area contributed by atoms with E-state index in [4.69, 9.17) is 9.47 Å². The molecule has 2 atom stereocenters. The van der Waals surface area contributed by atoms with Gasteiger partial charge in [0, 0.05) is 6.42 Å². The first-order chi connectivity index (χ1) is 8.14. The van der Waals surface area contributed by atoms with E-state index in [9.17, 15) is 9.90 Å². The summed E-state index contributed by atoms with van der Waals surface area (Å²) < 4.78 is 10.4. The predicted molar refractivity (Wildman–Crippen MR) is 59.7 cm³/mol. The molecule has 1 aromatic carbocycles. The van der Waals surface area contributed by atoms with Crippen molar-refractivity contribution in [1.29, 1.82) is 0 Å². The third-order valence-corrected chi connectivity index (χ3v) is 3.70. The second-order valence-corrected chi connectivity index (χ2v) is 4.60. The number of carbonyl (C=O) groups excluding carboxylic acids is 1. The van der Waals surface area contributed by atoms with Gasteiger partial charge in [-0.3, -0.25) is 4.79 Å². The molecule has 0 unspecified atom stereocenters. The summed E-state index contributed by atoms with van der Waals surface area (Å²) in [6, 6.07) is 5.72. The van der Waals surface area contributed by atoms with Crippen molar-refractivity contribution in [1.82, 2.24) is 0 Å². The fraction of sp³-hybridized carbons (Fsp3) is 0.462. The number of carbonyl (C=O) groups is 1. The minimum absolute atomic E-state index is 0.247. The molecule has 0 amide bonds. The monoisotopic (exact) mass is 234 g/mol. The molecule has 4 nitrogen and oxygen atoms in total. The summed E-state index contributed by atoms with van der Waals surface area (Å²) in [6.07, 6.45) is 1.35. The molecular weight excluding hydrogens is 220 g/mol. The van der Waals surface area contributed by atoms with Crippen molar-refractivity contribution in [2.24, 2.45) is 0 Å². The van der Waals surface area contributed by atoms with Gasteiger partial charge in [0.15, 0.2) is 0 Å². The molecule has 1 saturated heterocycles. The molecular formula is C13H14O4. The highest BCUT2D eigenvalue weighted by molar-refractivity contribution is 5.74. The Morgan fingerprint density at radius 1 is 1.53 bits per heavy atom. The minimum atomic E-state index is -1.31. The Morgan fingerprint density at radius 2 is 2.35 bits per heavy atom. The van der Waals surface area contributed by atoms with E-state index >= 15 is 0 Å². The number of benzene rings is 1. The van der Waals surface area contributed by atoms with E-state index in [1.54, 1.807) is 7.11 Å². The molecule has 1 aliphatic carbocycles. The van der Waals surface area contributed by atoms with Crippen LogP contribution in [0, 0.1) is 0 Å². The molecule has 1 aromatic rings. The van der Waals surface area contributed by atoms with E-state index in [0.29, 0.717) is 12.8 Å². The molecule has 0 aromatic heterocycles. The van der Waals surface area contributed by atoms with E-state index in [1.807, 2.05) is 18.2 Å². The van der Waals surface area contributed by atoms with Crippen molar-refractivity contribution >= 4 is 5.97 Å². The van der Waals surface area contributed by atoms with Crippen LogP contribution in [0.1, 0.15) is 29.9 Å². The highest BCUT2D eigenvalue weighted by Crippen LogP contribution is 2.48. The Hall–Kier alpha value is -1.55. The van der Waals surface area contributed by atoms with Gasteiger partial charge in [-0.2, -0.15) is 0 Å². The molecule has 3 rings (SSSR count). The SMILES string of the molecule is COc1cccc2c1CC[C@@]1(O)OC(=O)C[C@@H]21. The summed E-state index contributed by atoms with van der Waals surface area (Å²) in [4.78, 5) is 11.4. The molecule has 2 aliphatic rings. The maximum absolute atomic E-state index is 11.4. The van der Waals surface area contributed by atoms with Crippen molar-refractivity contribution in [3.63, 3.8) is 0 Å². The van der Waals surface area contributed by atoms with Gasteiger partial charge in [-0.15, -0.1) is 0 Å². The fourth-order valence-corrected chi connectivity index (χ4v) is 2.89. The van der Waals surface area contributed by atoms with Crippen molar-refractivity contribution in [3.8, 4) is 5.75 Å². The second kappa shape index (κ2) is 3.47. The van der Waals surface area contributed by atoms with Gasteiger partial charge >= 0.3 is 5.97 Å². The lowest BCUT2D eigenvalue weighted by Gasteiger charge is -2.34. The van der Waals surface area contributed by atoms with Crippen LogP contribution in [0.15, 0.2) is 18.2 Å². The summed E-state index contributed by atoms with van der Waals surface area (Å²) in [5.41, 5.74) is 2.06. The van der Waals surface area contributed by atoms with E-state index in [1.165, 1.54) is 0 Å². The zero-order chi connectivity index (χ0) is 12.0. The fourth-order valence-electron chi connectivity index (χ4n) is 2.89. The van der Waals surface area contributed by atoms with Gasteiger partial charge in [-0.05, 0) is 23.6 Å². The Balaban J connectivity index is 2.11. The number of hydrogen-bond acceptors (Lipinski definition) is 4. The standard InChI is InChI=1S/C13H14O4/c1-16-11-4-2-3-8-9(11)5-6-13(15)10(8)7-12(14)17-13/h2-4,10,15H,5-7H2,1H3/t10-,13+/m0/s1. The number of rotatable bonds is 1. The summed E-state index contributed by atoms with van der Waals surface area (Å²) in [6.45, 7) is 0. The van der Waals surface area contributed by atoms with Crippen molar-refractivity contribution in [3.05, 3.63) is 29.3 Å². The molecule has 4 heteroatoms. The maximum Gasteiger partial charge on any atom is 0.309 e. The van der Waals surface area contributed by atoms with Crippen LogP contribution in [-0.2, 0) is 16.0 Å².